The molecule has 1 aromatic heterocycles. The lowest BCUT2D eigenvalue weighted by atomic mass is 10.1. The van der Waals surface area contributed by atoms with Crippen molar-refractivity contribution in [1.29, 1.82) is 0 Å². The topological polar surface area (TPSA) is 87.6 Å². The molecule has 0 fully saturated rings. The lowest BCUT2D eigenvalue weighted by molar-refractivity contribution is -0.386. The van der Waals surface area contributed by atoms with E-state index in [0.717, 1.165) is 5.56 Å². The van der Waals surface area contributed by atoms with Gasteiger partial charge in [0.1, 0.15) is 6.61 Å². The summed E-state index contributed by atoms with van der Waals surface area (Å²) in [6.07, 6.45) is 4.81. The van der Waals surface area contributed by atoms with Crippen LogP contribution in [0.3, 0.4) is 0 Å². The summed E-state index contributed by atoms with van der Waals surface area (Å²) in [6.45, 7) is 5.48. The zero-order valence-corrected chi connectivity index (χ0v) is 12.8. The van der Waals surface area contributed by atoms with Crippen LogP contribution in [-0.2, 0) is 0 Å². The quantitative estimate of drug-likeness (QED) is 0.440. The first-order valence-electron chi connectivity index (χ1n) is 6.77. The minimum Gasteiger partial charge on any atom is -0.493 e. The molecule has 0 bridgehead atoms. The van der Waals surface area contributed by atoms with E-state index in [9.17, 15) is 10.1 Å². The second-order valence-corrected chi connectivity index (χ2v) is 4.58. The van der Waals surface area contributed by atoms with Crippen LogP contribution in [0.2, 0.25) is 0 Å². The first-order chi connectivity index (χ1) is 11.1. The molecule has 0 unspecified atom stereocenters. The fraction of sp³-hybridized carbons (Fsp3) is 0.188. The fourth-order valence-corrected chi connectivity index (χ4v) is 1.94. The Balaban J connectivity index is 2.26. The molecule has 7 nitrogen and oxygen atoms in total. The molecule has 7 heteroatoms. The van der Waals surface area contributed by atoms with Crippen molar-refractivity contribution in [3.63, 3.8) is 0 Å². The Bertz CT molecular complexity index is 749. The highest BCUT2D eigenvalue weighted by molar-refractivity contribution is 5.72. The molecular formula is C16H16N2O5. The van der Waals surface area contributed by atoms with Gasteiger partial charge in [0.2, 0.25) is 5.76 Å². The SMILES string of the molecule is C=CCOc1ccc(/C=C/c2onc(C)c2[N+](=O)[O-])cc1OC. The Kier molecular flexibility index (Phi) is 5.14. The van der Waals surface area contributed by atoms with Crippen molar-refractivity contribution in [1.82, 2.24) is 5.16 Å². The van der Waals surface area contributed by atoms with E-state index in [4.69, 9.17) is 14.0 Å². The lowest BCUT2D eigenvalue weighted by Gasteiger charge is -2.09. The normalized spacial score (nSPS) is 10.7. The molecule has 0 aliphatic carbocycles. The van der Waals surface area contributed by atoms with Gasteiger partial charge in [0.25, 0.3) is 0 Å². The van der Waals surface area contributed by atoms with Crippen molar-refractivity contribution in [2.24, 2.45) is 0 Å². The zero-order valence-electron chi connectivity index (χ0n) is 12.8. The van der Waals surface area contributed by atoms with Gasteiger partial charge in [-0.05, 0) is 30.7 Å². The molecule has 0 atom stereocenters. The summed E-state index contributed by atoms with van der Waals surface area (Å²) in [5.74, 6) is 1.24. The van der Waals surface area contributed by atoms with Crippen LogP contribution in [0.25, 0.3) is 12.2 Å². The second-order valence-electron chi connectivity index (χ2n) is 4.58. The van der Waals surface area contributed by atoms with E-state index in [1.54, 1.807) is 30.4 Å². The number of nitrogens with zero attached hydrogens (tertiary/aromatic N) is 2. The van der Waals surface area contributed by atoms with Gasteiger partial charge in [0, 0.05) is 0 Å². The molecule has 0 N–H and O–H groups in total. The molecule has 0 spiro atoms. The van der Waals surface area contributed by atoms with Gasteiger partial charge in [-0.3, -0.25) is 10.1 Å². The predicted octanol–water partition coefficient (Wildman–Crippen LogP) is 3.64. The van der Waals surface area contributed by atoms with Crippen LogP contribution in [-0.4, -0.2) is 23.8 Å². The molecule has 0 amide bonds. The van der Waals surface area contributed by atoms with Crippen molar-refractivity contribution >= 4 is 17.8 Å². The van der Waals surface area contributed by atoms with Crippen molar-refractivity contribution in [2.75, 3.05) is 13.7 Å². The molecule has 0 aliphatic rings. The molecular weight excluding hydrogens is 300 g/mol. The molecule has 23 heavy (non-hydrogen) atoms. The van der Waals surface area contributed by atoms with Gasteiger partial charge in [0.05, 0.1) is 12.0 Å². The monoisotopic (exact) mass is 316 g/mol. The first-order valence-corrected chi connectivity index (χ1v) is 6.77. The third kappa shape index (κ3) is 3.76. The summed E-state index contributed by atoms with van der Waals surface area (Å²) < 4.78 is 15.7. The second kappa shape index (κ2) is 7.26. The van der Waals surface area contributed by atoms with Crippen LogP contribution < -0.4 is 9.47 Å². The van der Waals surface area contributed by atoms with Gasteiger partial charge in [-0.2, -0.15) is 0 Å². The molecule has 1 heterocycles. The van der Waals surface area contributed by atoms with Crippen molar-refractivity contribution in [3.05, 3.63) is 58.0 Å². The zero-order chi connectivity index (χ0) is 16.8. The van der Waals surface area contributed by atoms with E-state index < -0.39 is 4.92 Å². The molecule has 0 saturated carbocycles. The summed E-state index contributed by atoms with van der Waals surface area (Å²) >= 11 is 0. The Morgan fingerprint density at radius 1 is 1.39 bits per heavy atom. The van der Waals surface area contributed by atoms with Gasteiger partial charge in [-0.15, -0.1) is 0 Å². The maximum absolute atomic E-state index is 11.0. The smallest absolute Gasteiger partial charge is 0.338 e. The predicted molar refractivity (Wildman–Crippen MR) is 85.5 cm³/mol. The maximum Gasteiger partial charge on any atom is 0.338 e. The highest BCUT2D eigenvalue weighted by Gasteiger charge is 2.21. The van der Waals surface area contributed by atoms with E-state index in [-0.39, 0.29) is 17.1 Å². The minimum absolute atomic E-state index is 0.0958. The molecule has 0 aliphatic heterocycles. The van der Waals surface area contributed by atoms with Crippen LogP contribution in [0.4, 0.5) is 5.69 Å². The van der Waals surface area contributed by atoms with Gasteiger partial charge < -0.3 is 14.0 Å². The van der Waals surface area contributed by atoms with E-state index in [2.05, 4.69) is 11.7 Å². The molecule has 2 rings (SSSR count). The maximum atomic E-state index is 11.0. The molecule has 2 aromatic rings. The summed E-state index contributed by atoms with van der Waals surface area (Å²) in [5.41, 5.74) is 0.871. The van der Waals surface area contributed by atoms with Gasteiger partial charge in [-0.25, -0.2) is 0 Å². The summed E-state index contributed by atoms with van der Waals surface area (Å²) in [4.78, 5) is 10.5. The third-order valence-electron chi connectivity index (χ3n) is 3.01. The van der Waals surface area contributed by atoms with Crippen LogP contribution >= 0.6 is 0 Å². The number of ether oxygens (including phenoxy) is 2. The van der Waals surface area contributed by atoms with Crippen LogP contribution in [0, 0.1) is 17.0 Å². The first kappa shape index (κ1) is 16.3. The third-order valence-corrected chi connectivity index (χ3v) is 3.01. The van der Waals surface area contributed by atoms with E-state index in [1.165, 1.54) is 20.1 Å². The van der Waals surface area contributed by atoms with Crippen LogP contribution in [0.1, 0.15) is 17.0 Å². The average Bonchev–Trinajstić information content (AvgIpc) is 2.92. The summed E-state index contributed by atoms with van der Waals surface area (Å²) in [5, 5.41) is 14.6. The molecule has 120 valence electrons. The van der Waals surface area contributed by atoms with Crippen molar-refractivity contribution < 1.29 is 18.9 Å². The highest BCUT2D eigenvalue weighted by atomic mass is 16.6. The number of nitro groups is 1. The average molecular weight is 316 g/mol. The standard InChI is InChI=1S/C16H16N2O5/c1-4-9-22-13-7-5-12(10-15(13)21-3)6-8-14-16(18(19)20)11(2)17-23-14/h4-8,10H,1,9H2,2-3H3/b8-6+. The number of methoxy groups -OCH3 is 1. The van der Waals surface area contributed by atoms with Crippen molar-refractivity contribution in [3.8, 4) is 11.5 Å². The highest BCUT2D eigenvalue weighted by Crippen LogP contribution is 2.30. The van der Waals surface area contributed by atoms with Gasteiger partial charge >= 0.3 is 5.69 Å². The molecule has 0 saturated heterocycles. The number of hydrogen-bond donors (Lipinski definition) is 0. The lowest BCUT2D eigenvalue weighted by Crippen LogP contribution is -1.96. The Labute approximate surface area is 133 Å². The minimum atomic E-state index is -0.516. The number of aromatic nitrogens is 1. The van der Waals surface area contributed by atoms with E-state index in [0.29, 0.717) is 18.1 Å². The van der Waals surface area contributed by atoms with Crippen molar-refractivity contribution in [2.45, 2.75) is 6.92 Å². The number of aryl methyl sites for hydroxylation is 1. The molecule has 0 radical (unpaired) electrons. The number of hydrogen-bond acceptors (Lipinski definition) is 6. The van der Waals surface area contributed by atoms with Gasteiger partial charge in [0.15, 0.2) is 17.2 Å². The Hall–Kier alpha value is -3.09. The number of benzene rings is 1. The summed E-state index contributed by atoms with van der Waals surface area (Å²) in [7, 11) is 1.54. The van der Waals surface area contributed by atoms with E-state index in [1.807, 2.05) is 0 Å². The largest absolute Gasteiger partial charge is 0.493 e. The fourth-order valence-electron chi connectivity index (χ4n) is 1.94. The van der Waals surface area contributed by atoms with Gasteiger partial charge in [-0.1, -0.05) is 30.0 Å². The number of rotatable bonds is 7. The van der Waals surface area contributed by atoms with Crippen LogP contribution in [0.5, 0.6) is 11.5 Å². The summed E-state index contributed by atoms with van der Waals surface area (Å²) in [6, 6.07) is 5.30. The van der Waals surface area contributed by atoms with Crippen LogP contribution in [0.15, 0.2) is 35.4 Å². The molecule has 1 aromatic carbocycles. The Morgan fingerprint density at radius 2 is 2.17 bits per heavy atom. The Morgan fingerprint density at radius 3 is 2.83 bits per heavy atom. The van der Waals surface area contributed by atoms with E-state index >= 15 is 0 Å².